The summed E-state index contributed by atoms with van der Waals surface area (Å²) in [7, 11) is -3.65. The fraction of sp³-hybridized carbons (Fsp3) is 0.632. The minimum Gasteiger partial charge on any atom is -0.492 e. The van der Waals surface area contributed by atoms with Crippen molar-refractivity contribution in [3.63, 3.8) is 0 Å². The molecule has 2 aliphatic rings. The van der Waals surface area contributed by atoms with E-state index in [9.17, 15) is 13.2 Å². The number of hydrogen-bond acceptors (Lipinski definition) is 5. The smallest absolute Gasteiger partial charge is 0.246 e. The van der Waals surface area contributed by atoms with E-state index >= 15 is 0 Å². The highest BCUT2D eigenvalue weighted by Crippen LogP contribution is 2.31. The number of piperidine rings is 1. The first-order valence-electron chi connectivity index (χ1n) is 9.81. The van der Waals surface area contributed by atoms with Gasteiger partial charge >= 0.3 is 0 Å². The summed E-state index contributed by atoms with van der Waals surface area (Å²) >= 11 is 0. The molecule has 0 radical (unpaired) electrons. The van der Waals surface area contributed by atoms with E-state index < -0.39 is 10.0 Å². The van der Waals surface area contributed by atoms with Gasteiger partial charge in [-0.2, -0.15) is 4.31 Å². The third-order valence-electron chi connectivity index (χ3n) is 5.05. The van der Waals surface area contributed by atoms with Crippen molar-refractivity contribution in [3.05, 3.63) is 18.2 Å². The standard InChI is InChI=1S/C19H29N3O4S/c1-2-26-17-9-8-16(21-19(23)14-15-7-6-10-20-15)13-18(17)27(24,25)22-11-4-3-5-12-22/h8-9,13,15,20H,2-7,10-12,14H2,1H3,(H,21,23). The van der Waals surface area contributed by atoms with Crippen LogP contribution in [0.15, 0.2) is 23.1 Å². The molecule has 2 saturated heterocycles. The van der Waals surface area contributed by atoms with Gasteiger partial charge in [0.1, 0.15) is 10.6 Å². The van der Waals surface area contributed by atoms with Crippen LogP contribution in [0.4, 0.5) is 5.69 Å². The van der Waals surface area contributed by atoms with E-state index in [1.54, 1.807) is 12.1 Å². The molecule has 0 spiro atoms. The van der Waals surface area contributed by atoms with Crippen LogP contribution < -0.4 is 15.4 Å². The molecule has 2 N–H and O–H groups in total. The monoisotopic (exact) mass is 395 g/mol. The molecule has 2 heterocycles. The molecule has 7 nitrogen and oxygen atoms in total. The number of anilines is 1. The quantitative estimate of drug-likeness (QED) is 0.740. The van der Waals surface area contributed by atoms with Crippen LogP contribution in [0.1, 0.15) is 45.4 Å². The van der Waals surface area contributed by atoms with E-state index in [0.29, 0.717) is 37.6 Å². The number of carbonyl (C=O) groups excluding carboxylic acids is 1. The Morgan fingerprint density at radius 3 is 2.70 bits per heavy atom. The second-order valence-corrected chi connectivity index (χ2v) is 9.01. The summed E-state index contributed by atoms with van der Waals surface area (Å²) < 4.78 is 33.3. The van der Waals surface area contributed by atoms with Gasteiger partial charge in [-0.1, -0.05) is 6.42 Å². The predicted molar refractivity (Wildman–Crippen MR) is 104 cm³/mol. The van der Waals surface area contributed by atoms with Crippen LogP contribution >= 0.6 is 0 Å². The van der Waals surface area contributed by atoms with Gasteiger partial charge in [-0.25, -0.2) is 8.42 Å². The van der Waals surface area contributed by atoms with Crippen molar-refractivity contribution in [2.75, 3.05) is 31.6 Å². The molecule has 1 atom stereocenters. The van der Waals surface area contributed by atoms with Crippen LogP contribution in [0, 0.1) is 0 Å². The average Bonchev–Trinajstić information content (AvgIpc) is 3.16. The first-order chi connectivity index (χ1) is 13.0. The molecule has 1 amide bonds. The van der Waals surface area contributed by atoms with Crippen LogP contribution in [0.3, 0.4) is 0 Å². The first-order valence-corrected chi connectivity index (χ1v) is 11.2. The van der Waals surface area contributed by atoms with Crippen molar-refractivity contribution < 1.29 is 17.9 Å². The van der Waals surface area contributed by atoms with Crippen molar-refractivity contribution in [2.45, 2.75) is 56.4 Å². The number of nitrogens with zero attached hydrogens (tertiary/aromatic N) is 1. The van der Waals surface area contributed by atoms with Gasteiger partial charge in [-0.3, -0.25) is 4.79 Å². The van der Waals surface area contributed by atoms with Crippen molar-refractivity contribution in [2.24, 2.45) is 0 Å². The molecule has 150 valence electrons. The van der Waals surface area contributed by atoms with E-state index in [2.05, 4.69) is 10.6 Å². The number of benzene rings is 1. The highest BCUT2D eigenvalue weighted by atomic mass is 32.2. The molecule has 1 aromatic rings. The molecule has 3 rings (SSSR count). The second-order valence-electron chi connectivity index (χ2n) is 7.10. The number of hydrogen-bond donors (Lipinski definition) is 2. The van der Waals surface area contributed by atoms with Gasteiger partial charge in [-0.05, 0) is 57.4 Å². The molecule has 1 aromatic carbocycles. The summed E-state index contributed by atoms with van der Waals surface area (Å²) in [4.78, 5) is 12.4. The van der Waals surface area contributed by atoms with Gasteiger partial charge in [0.05, 0.1) is 6.61 Å². The number of rotatable bonds is 7. The van der Waals surface area contributed by atoms with Gasteiger partial charge in [0.15, 0.2) is 0 Å². The van der Waals surface area contributed by atoms with Crippen molar-refractivity contribution in [1.82, 2.24) is 9.62 Å². The lowest BCUT2D eigenvalue weighted by Gasteiger charge is -2.27. The fourth-order valence-electron chi connectivity index (χ4n) is 3.67. The normalized spacial score (nSPS) is 21.1. The van der Waals surface area contributed by atoms with Gasteiger partial charge in [0.2, 0.25) is 15.9 Å². The van der Waals surface area contributed by atoms with E-state index in [1.807, 2.05) is 6.92 Å². The maximum Gasteiger partial charge on any atom is 0.246 e. The summed E-state index contributed by atoms with van der Waals surface area (Å²) in [5, 5.41) is 6.13. The highest BCUT2D eigenvalue weighted by molar-refractivity contribution is 7.89. The minimum absolute atomic E-state index is 0.111. The van der Waals surface area contributed by atoms with Crippen LogP contribution in [-0.4, -0.2) is 50.9 Å². The average molecular weight is 396 g/mol. The largest absolute Gasteiger partial charge is 0.492 e. The second kappa shape index (κ2) is 9.03. The number of sulfonamides is 1. The predicted octanol–water partition coefficient (Wildman–Crippen LogP) is 2.34. The lowest BCUT2D eigenvalue weighted by atomic mass is 10.1. The number of nitrogens with one attached hydrogen (secondary N) is 2. The molecule has 8 heteroatoms. The molecular formula is C19H29N3O4S. The van der Waals surface area contributed by atoms with Crippen LogP contribution in [0.2, 0.25) is 0 Å². The maximum absolute atomic E-state index is 13.1. The SMILES string of the molecule is CCOc1ccc(NC(=O)CC2CCCN2)cc1S(=O)(=O)N1CCCCC1. The minimum atomic E-state index is -3.65. The van der Waals surface area contributed by atoms with Crippen molar-refractivity contribution in [1.29, 1.82) is 0 Å². The Labute approximate surface area is 161 Å². The lowest BCUT2D eigenvalue weighted by molar-refractivity contribution is -0.116. The topological polar surface area (TPSA) is 87.7 Å². The third kappa shape index (κ3) is 5.00. The molecule has 0 aliphatic carbocycles. The Balaban J connectivity index is 1.80. The number of carbonyl (C=O) groups is 1. The Hall–Kier alpha value is -1.64. The van der Waals surface area contributed by atoms with E-state index in [0.717, 1.165) is 38.6 Å². The third-order valence-corrected chi connectivity index (χ3v) is 6.97. The van der Waals surface area contributed by atoms with E-state index in [1.165, 1.54) is 10.4 Å². The van der Waals surface area contributed by atoms with Gasteiger partial charge in [0, 0.05) is 31.2 Å². The number of ether oxygens (including phenoxy) is 1. The molecule has 2 aliphatic heterocycles. The number of amides is 1. The van der Waals surface area contributed by atoms with Crippen molar-refractivity contribution >= 4 is 21.6 Å². The molecule has 27 heavy (non-hydrogen) atoms. The van der Waals surface area contributed by atoms with Crippen LogP contribution in [-0.2, 0) is 14.8 Å². The molecular weight excluding hydrogens is 366 g/mol. The molecule has 0 aromatic heterocycles. The van der Waals surface area contributed by atoms with Gasteiger partial charge in [-0.15, -0.1) is 0 Å². The fourth-order valence-corrected chi connectivity index (χ4v) is 5.35. The summed E-state index contributed by atoms with van der Waals surface area (Å²) in [6.07, 6.45) is 5.25. The van der Waals surface area contributed by atoms with E-state index in [4.69, 9.17) is 4.74 Å². The first kappa shape index (κ1) is 20.1. The zero-order valence-corrected chi connectivity index (χ0v) is 16.7. The van der Waals surface area contributed by atoms with Gasteiger partial charge < -0.3 is 15.4 Å². The summed E-state index contributed by atoms with van der Waals surface area (Å²) in [6, 6.07) is 5.04. The Kier molecular flexibility index (Phi) is 6.73. The molecule has 1 unspecified atom stereocenters. The zero-order chi connectivity index (χ0) is 19.3. The van der Waals surface area contributed by atoms with Crippen LogP contribution in [0.25, 0.3) is 0 Å². The van der Waals surface area contributed by atoms with Gasteiger partial charge in [0.25, 0.3) is 0 Å². The highest BCUT2D eigenvalue weighted by Gasteiger charge is 2.29. The maximum atomic E-state index is 13.1. The molecule has 0 saturated carbocycles. The Morgan fingerprint density at radius 1 is 1.26 bits per heavy atom. The zero-order valence-electron chi connectivity index (χ0n) is 15.9. The van der Waals surface area contributed by atoms with E-state index in [-0.39, 0.29) is 16.8 Å². The summed E-state index contributed by atoms with van der Waals surface area (Å²) in [6.45, 7) is 4.19. The molecule has 2 fully saturated rings. The van der Waals surface area contributed by atoms with Crippen LogP contribution in [0.5, 0.6) is 5.75 Å². The lowest BCUT2D eigenvalue weighted by Crippen LogP contribution is -2.35. The Bertz CT molecular complexity index is 754. The summed E-state index contributed by atoms with van der Waals surface area (Å²) in [5.41, 5.74) is 0.483. The summed E-state index contributed by atoms with van der Waals surface area (Å²) in [5.74, 6) is 0.221. The Morgan fingerprint density at radius 2 is 2.04 bits per heavy atom. The molecule has 0 bridgehead atoms. The van der Waals surface area contributed by atoms with Crippen molar-refractivity contribution in [3.8, 4) is 5.75 Å².